The Hall–Kier alpha value is -2.14. The van der Waals surface area contributed by atoms with Crippen LogP contribution in [-0.2, 0) is 13.1 Å². The highest BCUT2D eigenvalue weighted by Gasteiger charge is 2.08. The van der Waals surface area contributed by atoms with Crippen molar-refractivity contribution in [1.29, 1.82) is 0 Å². The summed E-state index contributed by atoms with van der Waals surface area (Å²) in [5.41, 5.74) is 0.396. The molecule has 1 aromatic carbocycles. The maximum absolute atomic E-state index is 13.4. The van der Waals surface area contributed by atoms with Crippen molar-refractivity contribution in [3.63, 3.8) is 0 Å². The van der Waals surface area contributed by atoms with E-state index < -0.39 is 11.8 Å². The monoisotopic (exact) mass is 249 g/mol. The van der Waals surface area contributed by atoms with Crippen LogP contribution in [0.2, 0.25) is 0 Å². The van der Waals surface area contributed by atoms with Crippen LogP contribution in [0.5, 0.6) is 0 Å². The van der Waals surface area contributed by atoms with E-state index >= 15 is 0 Å². The number of hydrogen-bond acceptors (Lipinski definition) is 3. The van der Waals surface area contributed by atoms with Crippen molar-refractivity contribution >= 4 is 5.97 Å². The second kappa shape index (κ2) is 5.46. The minimum Gasteiger partial charge on any atom is -0.478 e. The maximum atomic E-state index is 13.4. The van der Waals surface area contributed by atoms with Gasteiger partial charge in [0.05, 0.1) is 18.4 Å². The Kier molecular flexibility index (Phi) is 3.74. The summed E-state index contributed by atoms with van der Waals surface area (Å²) in [6.45, 7) is 0.706. The van der Waals surface area contributed by atoms with E-state index in [0.29, 0.717) is 12.1 Å². The molecular formula is C13H12FNO3. The van der Waals surface area contributed by atoms with Crippen LogP contribution in [0.3, 0.4) is 0 Å². The highest BCUT2D eigenvalue weighted by atomic mass is 19.1. The lowest BCUT2D eigenvalue weighted by atomic mass is 10.1. The number of rotatable bonds is 5. The Balaban J connectivity index is 2.00. The van der Waals surface area contributed by atoms with Crippen molar-refractivity contribution in [2.75, 3.05) is 0 Å². The average molecular weight is 249 g/mol. The molecule has 0 fully saturated rings. The lowest BCUT2D eigenvalue weighted by molar-refractivity contribution is 0.0696. The van der Waals surface area contributed by atoms with Crippen molar-refractivity contribution in [3.8, 4) is 0 Å². The fourth-order valence-corrected chi connectivity index (χ4v) is 1.58. The van der Waals surface area contributed by atoms with Crippen molar-refractivity contribution < 1.29 is 18.7 Å². The number of carboxylic acids is 1. The van der Waals surface area contributed by atoms with Crippen LogP contribution >= 0.6 is 0 Å². The van der Waals surface area contributed by atoms with Crippen molar-refractivity contribution in [2.45, 2.75) is 13.1 Å². The molecule has 18 heavy (non-hydrogen) atoms. The number of nitrogens with one attached hydrogen (secondary N) is 1. The Bertz CT molecular complexity index is 537. The van der Waals surface area contributed by atoms with Gasteiger partial charge < -0.3 is 14.8 Å². The molecule has 0 spiro atoms. The van der Waals surface area contributed by atoms with Crippen molar-refractivity contribution in [3.05, 3.63) is 59.3 Å². The summed E-state index contributed by atoms with van der Waals surface area (Å²) in [7, 11) is 0. The van der Waals surface area contributed by atoms with Gasteiger partial charge in [-0.25, -0.2) is 9.18 Å². The third-order valence-electron chi connectivity index (χ3n) is 2.49. The molecule has 0 aliphatic rings. The van der Waals surface area contributed by atoms with Gasteiger partial charge >= 0.3 is 5.97 Å². The van der Waals surface area contributed by atoms with Crippen LogP contribution in [0.15, 0.2) is 41.0 Å². The molecule has 0 bridgehead atoms. The SMILES string of the molecule is O=C(O)c1ccc(F)c(CNCc2ccco2)c1. The minimum absolute atomic E-state index is 0.0752. The number of carboxylic acid groups (broad SMARTS) is 1. The van der Waals surface area contributed by atoms with Gasteiger partial charge in [0.15, 0.2) is 0 Å². The number of carbonyl (C=O) groups is 1. The van der Waals surface area contributed by atoms with Gasteiger partial charge in [-0.1, -0.05) is 0 Å². The van der Waals surface area contributed by atoms with Gasteiger partial charge in [-0.2, -0.15) is 0 Å². The van der Waals surface area contributed by atoms with Gasteiger partial charge in [0, 0.05) is 12.1 Å². The van der Waals surface area contributed by atoms with Crippen LogP contribution in [0, 0.1) is 5.82 Å². The largest absolute Gasteiger partial charge is 0.478 e. The van der Waals surface area contributed by atoms with E-state index in [9.17, 15) is 9.18 Å². The lowest BCUT2D eigenvalue weighted by Crippen LogP contribution is -2.14. The van der Waals surface area contributed by atoms with Gasteiger partial charge in [0.25, 0.3) is 0 Å². The summed E-state index contributed by atoms with van der Waals surface area (Å²) in [5, 5.41) is 11.8. The Morgan fingerprint density at radius 2 is 2.17 bits per heavy atom. The molecule has 0 saturated carbocycles. The van der Waals surface area contributed by atoms with Crippen LogP contribution in [0.25, 0.3) is 0 Å². The molecule has 2 N–H and O–H groups in total. The summed E-state index contributed by atoms with van der Waals surface area (Å²) >= 11 is 0. The first-order chi connectivity index (χ1) is 8.66. The normalized spacial score (nSPS) is 10.5. The first kappa shape index (κ1) is 12.3. The molecule has 5 heteroatoms. The molecule has 0 amide bonds. The molecule has 0 radical (unpaired) electrons. The molecular weight excluding hydrogens is 237 g/mol. The zero-order valence-corrected chi connectivity index (χ0v) is 9.52. The number of benzene rings is 1. The van der Waals surface area contributed by atoms with E-state index in [1.54, 1.807) is 18.4 Å². The van der Waals surface area contributed by atoms with Crippen LogP contribution in [0.1, 0.15) is 21.7 Å². The zero-order valence-electron chi connectivity index (χ0n) is 9.52. The number of hydrogen-bond donors (Lipinski definition) is 2. The summed E-state index contributed by atoms with van der Waals surface area (Å²) in [6.07, 6.45) is 1.56. The average Bonchev–Trinajstić information content (AvgIpc) is 2.84. The van der Waals surface area contributed by atoms with Gasteiger partial charge in [0.1, 0.15) is 11.6 Å². The van der Waals surface area contributed by atoms with E-state index in [-0.39, 0.29) is 12.1 Å². The van der Waals surface area contributed by atoms with E-state index in [1.807, 2.05) is 0 Å². The summed E-state index contributed by atoms with van der Waals surface area (Å²) in [5.74, 6) is -0.751. The molecule has 1 heterocycles. The fraction of sp³-hybridized carbons (Fsp3) is 0.154. The Labute approximate surface area is 103 Å². The molecule has 2 aromatic rings. The lowest BCUT2D eigenvalue weighted by Gasteiger charge is -2.05. The third-order valence-corrected chi connectivity index (χ3v) is 2.49. The van der Waals surface area contributed by atoms with E-state index in [4.69, 9.17) is 9.52 Å². The standard InChI is InChI=1S/C13H12FNO3/c14-12-4-3-9(13(16)17)6-10(12)7-15-8-11-2-1-5-18-11/h1-6,15H,7-8H2,(H,16,17). The Morgan fingerprint density at radius 1 is 1.33 bits per heavy atom. The van der Waals surface area contributed by atoms with E-state index in [1.165, 1.54) is 12.1 Å². The minimum atomic E-state index is -1.07. The zero-order chi connectivity index (χ0) is 13.0. The second-order valence-corrected chi connectivity index (χ2v) is 3.79. The molecule has 0 unspecified atom stereocenters. The van der Waals surface area contributed by atoms with Crippen LogP contribution in [-0.4, -0.2) is 11.1 Å². The van der Waals surface area contributed by atoms with E-state index in [2.05, 4.69) is 5.32 Å². The number of aromatic carboxylic acids is 1. The molecule has 0 aliphatic carbocycles. The van der Waals surface area contributed by atoms with Crippen LogP contribution < -0.4 is 5.32 Å². The summed E-state index contributed by atoms with van der Waals surface area (Å²) in [4.78, 5) is 10.8. The first-order valence-electron chi connectivity index (χ1n) is 5.41. The second-order valence-electron chi connectivity index (χ2n) is 3.79. The van der Waals surface area contributed by atoms with Crippen molar-refractivity contribution in [2.24, 2.45) is 0 Å². The fourth-order valence-electron chi connectivity index (χ4n) is 1.58. The third kappa shape index (κ3) is 2.95. The van der Waals surface area contributed by atoms with E-state index in [0.717, 1.165) is 11.8 Å². The highest BCUT2D eigenvalue weighted by molar-refractivity contribution is 5.87. The van der Waals surface area contributed by atoms with Gasteiger partial charge in [-0.05, 0) is 30.3 Å². The molecule has 2 rings (SSSR count). The Morgan fingerprint density at radius 3 is 2.83 bits per heavy atom. The molecule has 1 aromatic heterocycles. The summed E-state index contributed by atoms with van der Waals surface area (Å²) < 4.78 is 18.6. The smallest absolute Gasteiger partial charge is 0.335 e. The topological polar surface area (TPSA) is 62.5 Å². The highest BCUT2D eigenvalue weighted by Crippen LogP contribution is 2.11. The maximum Gasteiger partial charge on any atom is 0.335 e. The molecule has 4 nitrogen and oxygen atoms in total. The number of halogens is 1. The predicted octanol–water partition coefficient (Wildman–Crippen LogP) is 2.41. The van der Waals surface area contributed by atoms with Crippen molar-refractivity contribution in [1.82, 2.24) is 5.32 Å². The molecule has 0 atom stereocenters. The molecule has 94 valence electrons. The number of furan rings is 1. The quantitative estimate of drug-likeness (QED) is 0.854. The molecule has 0 aliphatic heterocycles. The van der Waals surface area contributed by atoms with Crippen LogP contribution in [0.4, 0.5) is 4.39 Å². The summed E-state index contributed by atoms with van der Waals surface area (Å²) in [6, 6.07) is 7.30. The first-order valence-corrected chi connectivity index (χ1v) is 5.41. The predicted molar refractivity (Wildman–Crippen MR) is 62.6 cm³/mol. The van der Waals surface area contributed by atoms with Gasteiger partial charge in [-0.15, -0.1) is 0 Å². The van der Waals surface area contributed by atoms with Gasteiger partial charge in [-0.3, -0.25) is 0 Å². The molecule has 0 saturated heterocycles. The van der Waals surface area contributed by atoms with Gasteiger partial charge in [0.2, 0.25) is 0 Å².